The molecule has 0 saturated carbocycles. The van der Waals surface area contributed by atoms with Gasteiger partial charge < -0.3 is 4.57 Å². The molecule has 4 heteroatoms. The third-order valence-electron chi connectivity index (χ3n) is 8.10. The molecule has 0 fully saturated rings. The molecule has 6 aromatic carbocycles. The maximum atomic E-state index is 5.01. The van der Waals surface area contributed by atoms with Gasteiger partial charge in [0.05, 0.1) is 22.4 Å². The van der Waals surface area contributed by atoms with Gasteiger partial charge in [0, 0.05) is 37.6 Å². The smallest absolute Gasteiger partial charge is 0.160 e. The first-order valence-electron chi connectivity index (χ1n) is 14.6. The van der Waals surface area contributed by atoms with Crippen molar-refractivity contribution in [3.8, 4) is 50.7 Å². The Labute approximate surface area is 264 Å². The summed E-state index contributed by atoms with van der Waals surface area (Å²) in [7, 11) is 0. The molecule has 208 valence electrons. The van der Waals surface area contributed by atoms with E-state index in [1.165, 1.54) is 32.9 Å². The molecule has 0 aliphatic rings. The Bertz CT molecular complexity index is 2200. The molecule has 8 rings (SSSR count). The summed E-state index contributed by atoms with van der Waals surface area (Å²) >= 11 is 3.56. The molecule has 0 saturated heterocycles. The van der Waals surface area contributed by atoms with Crippen LogP contribution in [-0.4, -0.2) is 14.5 Å². The van der Waals surface area contributed by atoms with Crippen molar-refractivity contribution in [3.63, 3.8) is 0 Å². The van der Waals surface area contributed by atoms with E-state index in [1.807, 2.05) is 36.4 Å². The molecule has 0 aliphatic carbocycles. The molecule has 0 bridgehead atoms. The summed E-state index contributed by atoms with van der Waals surface area (Å²) < 4.78 is 3.42. The molecule has 8 aromatic rings. The molecule has 44 heavy (non-hydrogen) atoms. The molecule has 0 amide bonds. The molecule has 2 aromatic heterocycles. The van der Waals surface area contributed by atoms with Crippen LogP contribution in [0.1, 0.15) is 0 Å². The van der Waals surface area contributed by atoms with Crippen molar-refractivity contribution >= 4 is 37.7 Å². The van der Waals surface area contributed by atoms with Gasteiger partial charge in [-0.1, -0.05) is 113 Å². The van der Waals surface area contributed by atoms with E-state index in [0.29, 0.717) is 5.82 Å². The first-order chi connectivity index (χ1) is 21.7. The van der Waals surface area contributed by atoms with Crippen LogP contribution in [0, 0.1) is 0 Å². The Morgan fingerprint density at radius 2 is 0.955 bits per heavy atom. The number of hydrogen-bond acceptors (Lipinski definition) is 2. The van der Waals surface area contributed by atoms with Gasteiger partial charge in [0.25, 0.3) is 0 Å². The first-order valence-corrected chi connectivity index (χ1v) is 15.4. The summed E-state index contributed by atoms with van der Waals surface area (Å²) in [6.07, 6.45) is 0. The number of aromatic nitrogens is 3. The van der Waals surface area contributed by atoms with E-state index in [0.717, 1.165) is 38.2 Å². The minimum absolute atomic E-state index is 0.707. The normalized spacial score (nSPS) is 11.3. The lowest BCUT2D eigenvalue weighted by Gasteiger charge is -2.11. The van der Waals surface area contributed by atoms with Crippen LogP contribution in [0.25, 0.3) is 72.5 Å². The van der Waals surface area contributed by atoms with Crippen molar-refractivity contribution < 1.29 is 0 Å². The molecule has 0 N–H and O–H groups in total. The zero-order valence-electron chi connectivity index (χ0n) is 23.7. The standard InChI is InChI=1S/C40H26BrN3/c41-32-20-15-27(16-21-32)31-19-24-39-35(25-31)34-13-7-8-14-38(34)44(39)33-22-17-30(18-23-33)40-42-36(28-9-3-1-4-10-28)26-37(43-40)29-11-5-2-6-12-29/h1-26H. The van der Waals surface area contributed by atoms with E-state index in [-0.39, 0.29) is 0 Å². The van der Waals surface area contributed by atoms with Gasteiger partial charge in [-0.05, 0) is 71.8 Å². The molecule has 3 nitrogen and oxygen atoms in total. The molecule has 0 aliphatic heterocycles. The van der Waals surface area contributed by atoms with Gasteiger partial charge in [0.1, 0.15) is 0 Å². The summed E-state index contributed by atoms with van der Waals surface area (Å²) in [4.78, 5) is 10.0. The topological polar surface area (TPSA) is 30.7 Å². The highest BCUT2D eigenvalue weighted by molar-refractivity contribution is 9.10. The van der Waals surface area contributed by atoms with Crippen molar-refractivity contribution in [1.29, 1.82) is 0 Å². The number of para-hydroxylation sites is 1. The molecule has 0 spiro atoms. The molecule has 0 unspecified atom stereocenters. The van der Waals surface area contributed by atoms with Gasteiger partial charge in [-0.3, -0.25) is 0 Å². The van der Waals surface area contributed by atoms with Crippen molar-refractivity contribution in [2.45, 2.75) is 0 Å². The predicted octanol–water partition coefficient (Wildman–Crippen LogP) is 11.0. The van der Waals surface area contributed by atoms with Gasteiger partial charge in [0.15, 0.2) is 5.82 Å². The van der Waals surface area contributed by atoms with Gasteiger partial charge in [-0.25, -0.2) is 9.97 Å². The average Bonchev–Trinajstić information content (AvgIpc) is 3.43. The van der Waals surface area contributed by atoms with Gasteiger partial charge in [-0.15, -0.1) is 0 Å². The second-order valence-electron chi connectivity index (χ2n) is 10.8. The van der Waals surface area contributed by atoms with E-state index < -0.39 is 0 Å². The average molecular weight is 629 g/mol. The van der Waals surface area contributed by atoms with E-state index in [2.05, 4.69) is 142 Å². The Balaban J connectivity index is 1.24. The Morgan fingerprint density at radius 1 is 0.409 bits per heavy atom. The quantitative estimate of drug-likeness (QED) is 0.190. The van der Waals surface area contributed by atoms with E-state index in [1.54, 1.807) is 0 Å². The number of benzene rings is 6. The SMILES string of the molecule is Brc1ccc(-c2ccc3c(c2)c2ccccc2n3-c2ccc(-c3nc(-c4ccccc4)cc(-c4ccccc4)n3)cc2)cc1. The van der Waals surface area contributed by atoms with Crippen molar-refractivity contribution in [2.75, 3.05) is 0 Å². The third-order valence-corrected chi connectivity index (χ3v) is 8.63. The molecule has 0 radical (unpaired) electrons. The summed E-state index contributed by atoms with van der Waals surface area (Å²) in [6.45, 7) is 0. The zero-order chi connectivity index (χ0) is 29.5. The fraction of sp³-hybridized carbons (Fsp3) is 0. The van der Waals surface area contributed by atoms with E-state index in [4.69, 9.17) is 9.97 Å². The largest absolute Gasteiger partial charge is 0.309 e. The molecule has 0 atom stereocenters. The monoisotopic (exact) mass is 627 g/mol. The number of hydrogen-bond donors (Lipinski definition) is 0. The highest BCUT2D eigenvalue weighted by atomic mass is 79.9. The maximum Gasteiger partial charge on any atom is 0.160 e. The lowest BCUT2D eigenvalue weighted by atomic mass is 10.0. The van der Waals surface area contributed by atoms with Crippen molar-refractivity contribution in [3.05, 3.63) is 162 Å². The summed E-state index contributed by atoms with van der Waals surface area (Å²) in [5.74, 6) is 0.707. The Hall–Kier alpha value is -5.32. The minimum Gasteiger partial charge on any atom is -0.309 e. The van der Waals surface area contributed by atoms with E-state index in [9.17, 15) is 0 Å². The van der Waals surface area contributed by atoms with E-state index >= 15 is 0 Å². The third kappa shape index (κ3) is 4.80. The zero-order valence-corrected chi connectivity index (χ0v) is 25.3. The van der Waals surface area contributed by atoms with Gasteiger partial charge in [0.2, 0.25) is 0 Å². The number of rotatable bonds is 5. The fourth-order valence-electron chi connectivity index (χ4n) is 5.92. The fourth-order valence-corrected chi connectivity index (χ4v) is 6.19. The highest BCUT2D eigenvalue weighted by Gasteiger charge is 2.15. The van der Waals surface area contributed by atoms with Crippen LogP contribution in [0.4, 0.5) is 0 Å². The van der Waals surface area contributed by atoms with Gasteiger partial charge in [-0.2, -0.15) is 0 Å². The van der Waals surface area contributed by atoms with Crippen LogP contribution >= 0.6 is 15.9 Å². The molecular formula is C40H26BrN3. The number of nitrogens with zero attached hydrogens (tertiary/aromatic N) is 3. The summed E-state index contributed by atoms with van der Waals surface area (Å²) in [5, 5.41) is 2.47. The highest BCUT2D eigenvalue weighted by Crippen LogP contribution is 2.36. The lowest BCUT2D eigenvalue weighted by molar-refractivity contribution is 1.16. The van der Waals surface area contributed by atoms with Crippen LogP contribution in [0.5, 0.6) is 0 Å². The predicted molar refractivity (Wildman–Crippen MR) is 186 cm³/mol. The Morgan fingerprint density at radius 3 is 1.61 bits per heavy atom. The second kappa shape index (κ2) is 11.1. The Kier molecular flexibility index (Phi) is 6.62. The second-order valence-corrected chi connectivity index (χ2v) is 11.7. The van der Waals surface area contributed by atoms with Crippen LogP contribution < -0.4 is 0 Å². The summed E-state index contributed by atoms with van der Waals surface area (Å²) in [5.41, 5.74) is 10.8. The summed E-state index contributed by atoms with van der Waals surface area (Å²) in [6, 6.07) is 55.1. The van der Waals surface area contributed by atoms with Crippen LogP contribution in [0.3, 0.4) is 0 Å². The number of fused-ring (bicyclic) bond motifs is 3. The minimum atomic E-state index is 0.707. The van der Waals surface area contributed by atoms with Crippen molar-refractivity contribution in [1.82, 2.24) is 14.5 Å². The number of halogens is 1. The maximum absolute atomic E-state index is 5.01. The van der Waals surface area contributed by atoms with Crippen LogP contribution in [0.2, 0.25) is 0 Å². The van der Waals surface area contributed by atoms with Crippen LogP contribution in [-0.2, 0) is 0 Å². The van der Waals surface area contributed by atoms with Crippen molar-refractivity contribution in [2.24, 2.45) is 0 Å². The first kappa shape index (κ1) is 26.3. The molecule has 2 heterocycles. The lowest BCUT2D eigenvalue weighted by Crippen LogP contribution is -1.97. The van der Waals surface area contributed by atoms with Crippen LogP contribution in [0.15, 0.2) is 162 Å². The molecular weight excluding hydrogens is 602 g/mol. The van der Waals surface area contributed by atoms with Gasteiger partial charge >= 0.3 is 0 Å².